The molecule has 1 fully saturated rings. The molecule has 33 heavy (non-hydrogen) atoms. The van der Waals surface area contributed by atoms with Crippen molar-refractivity contribution in [3.63, 3.8) is 0 Å². The van der Waals surface area contributed by atoms with Gasteiger partial charge in [-0.05, 0) is 57.9 Å². The van der Waals surface area contributed by atoms with Gasteiger partial charge in [-0.3, -0.25) is 4.68 Å². The minimum absolute atomic E-state index is 0.260. The number of halogens is 1. The van der Waals surface area contributed by atoms with Crippen LogP contribution in [-0.2, 0) is 0 Å². The lowest BCUT2D eigenvalue weighted by atomic mass is 9.91. The minimum atomic E-state index is -0.398. The van der Waals surface area contributed by atoms with Gasteiger partial charge in [0, 0.05) is 40.2 Å². The second-order valence-electron chi connectivity index (χ2n) is 8.33. The first-order valence-electron chi connectivity index (χ1n) is 11.0. The van der Waals surface area contributed by atoms with Crippen molar-refractivity contribution in [3.8, 4) is 17.2 Å². The first-order chi connectivity index (χ1) is 16.1. The van der Waals surface area contributed by atoms with Gasteiger partial charge in [-0.25, -0.2) is 13.9 Å². The van der Waals surface area contributed by atoms with E-state index in [0.29, 0.717) is 23.2 Å². The number of hydrogen-bond donors (Lipinski definition) is 1. The van der Waals surface area contributed by atoms with Gasteiger partial charge in [-0.1, -0.05) is 11.8 Å². The van der Waals surface area contributed by atoms with Crippen LogP contribution in [0.1, 0.15) is 43.0 Å². The zero-order valence-electron chi connectivity index (χ0n) is 18.5. The smallest absolute Gasteiger partial charge is 0.155 e. The summed E-state index contributed by atoms with van der Waals surface area (Å²) in [4.78, 5) is 4.90. The molecule has 168 valence electrons. The van der Waals surface area contributed by atoms with Crippen molar-refractivity contribution in [3.05, 3.63) is 60.1 Å². The molecule has 1 aliphatic carbocycles. The first kappa shape index (κ1) is 21.6. The van der Waals surface area contributed by atoms with Crippen LogP contribution in [0, 0.1) is 24.1 Å². The molecule has 9 heteroatoms. The second-order valence-corrected chi connectivity index (χ2v) is 9.36. The number of aromatic nitrogens is 5. The van der Waals surface area contributed by atoms with Crippen molar-refractivity contribution in [1.82, 2.24) is 29.7 Å². The van der Waals surface area contributed by atoms with Crippen molar-refractivity contribution in [2.24, 2.45) is 0 Å². The number of nitrogens with zero attached hydrogens (tertiary/aromatic N) is 6. The Morgan fingerprint density at radius 1 is 1.21 bits per heavy atom. The third kappa shape index (κ3) is 4.01. The van der Waals surface area contributed by atoms with Crippen molar-refractivity contribution >= 4 is 17.3 Å². The fourth-order valence-electron chi connectivity index (χ4n) is 4.63. The maximum absolute atomic E-state index is 14.3. The maximum atomic E-state index is 14.3. The summed E-state index contributed by atoms with van der Waals surface area (Å²) < 4.78 is 18.2. The largest absolute Gasteiger partial charge is 0.317 e. The highest BCUT2D eigenvalue weighted by atomic mass is 32.2. The Kier molecular flexibility index (Phi) is 5.87. The predicted octanol–water partition coefficient (Wildman–Crippen LogP) is 4.77. The first-order valence-corrected chi connectivity index (χ1v) is 11.8. The van der Waals surface area contributed by atoms with Crippen LogP contribution in [0.3, 0.4) is 0 Å². The van der Waals surface area contributed by atoms with Crippen LogP contribution in [0.4, 0.5) is 4.39 Å². The molecule has 0 aromatic carbocycles. The molecule has 0 unspecified atom stereocenters. The lowest BCUT2D eigenvalue weighted by Crippen LogP contribution is -2.31. The molecule has 4 aromatic rings. The Morgan fingerprint density at radius 2 is 2.03 bits per heavy atom. The molecule has 1 aliphatic rings. The molecule has 7 nitrogen and oxygen atoms in total. The standard InChI is InChI=1S/C24H24FN7S/c1-15-20(13-30-32(15)19-7-5-18(27-2)6-8-19)16-10-22(33-24-21(25)4-3-9-28-24)23-17(11-26)12-29-31(23)14-16/h3-4,9-10,12-14,18-19,27H,5-8H2,1-2H3/t18-,19+. The molecule has 5 rings (SSSR count). The van der Waals surface area contributed by atoms with Crippen LogP contribution in [0.25, 0.3) is 16.6 Å². The van der Waals surface area contributed by atoms with E-state index in [4.69, 9.17) is 5.10 Å². The van der Waals surface area contributed by atoms with Crippen LogP contribution in [-0.4, -0.2) is 37.5 Å². The van der Waals surface area contributed by atoms with E-state index in [2.05, 4.69) is 33.1 Å². The third-order valence-electron chi connectivity index (χ3n) is 6.44. The van der Waals surface area contributed by atoms with E-state index in [1.54, 1.807) is 16.8 Å². The molecule has 0 amide bonds. The molecular formula is C24H24FN7S. The van der Waals surface area contributed by atoms with Gasteiger partial charge in [0.15, 0.2) is 5.82 Å². The van der Waals surface area contributed by atoms with Crippen molar-refractivity contribution in [2.45, 2.75) is 54.6 Å². The molecule has 4 aromatic heterocycles. The molecule has 0 radical (unpaired) electrons. The SMILES string of the molecule is CN[C@H]1CC[C@@H](n2ncc(-c3cc(Sc4ncccc4F)c4c(C#N)cnn4c3)c2C)CC1. The summed E-state index contributed by atoms with van der Waals surface area (Å²) in [5.41, 5.74) is 4.10. The van der Waals surface area contributed by atoms with E-state index in [9.17, 15) is 9.65 Å². The molecular weight excluding hydrogens is 437 g/mol. The number of nitrogens with one attached hydrogen (secondary N) is 1. The summed E-state index contributed by atoms with van der Waals surface area (Å²) in [6.45, 7) is 2.09. The molecule has 0 atom stereocenters. The van der Waals surface area contributed by atoms with Gasteiger partial charge < -0.3 is 5.32 Å². The minimum Gasteiger partial charge on any atom is -0.317 e. The zero-order valence-corrected chi connectivity index (χ0v) is 19.3. The number of hydrogen-bond acceptors (Lipinski definition) is 6. The van der Waals surface area contributed by atoms with Gasteiger partial charge in [0.25, 0.3) is 0 Å². The third-order valence-corrected chi connectivity index (χ3v) is 7.46. The van der Waals surface area contributed by atoms with Crippen LogP contribution in [0.15, 0.2) is 52.9 Å². The van der Waals surface area contributed by atoms with Gasteiger partial charge in [0.2, 0.25) is 0 Å². The summed E-state index contributed by atoms with van der Waals surface area (Å²) in [6.07, 6.45) is 11.4. The van der Waals surface area contributed by atoms with E-state index in [0.717, 1.165) is 47.4 Å². The van der Waals surface area contributed by atoms with Crippen molar-refractivity contribution in [2.75, 3.05) is 7.05 Å². The van der Waals surface area contributed by atoms with Crippen LogP contribution >= 0.6 is 11.8 Å². The van der Waals surface area contributed by atoms with Crippen molar-refractivity contribution in [1.29, 1.82) is 5.26 Å². The molecule has 0 saturated heterocycles. The topological polar surface area (TPSA) is 83.8 Å². The average molecular weight is 462 g/mol. The predicted molar refractivity (Wildman–Crippen MR) is 125 cm³/mol. The fourth-order valence-corrected chi connectivity index (χ4v) is 5.60. The highest BCUT2D eigenvalue weighted by molar-refractivity contribution is 7.99. The summed E-state index contributed by atoms with van der Waals surface area (Å²) in [5, 5.41) is 22.3. The summed E-state index contributed by atoms with van der Waals surface area (Å²) in [6, 6.07) is 8.08. The maximum Gasteiger partial charge on any atom is 0.155 e. The Morgan fingerprint density at radius 3 is 2.76 bits per heavy atom. The number of rotatable bonds is 5. The van der Waals surface area contributed by atoms with E-state index < -0.39 is 5.82 Å². The fraction of sp³-hybridized carbons (Fsp3) is 0.333. The highest BCUT2D eigenvalue weighted by Gasteiger charge is 2.24. The summed E-state index contributed by atoms with van der Waals surface area (Å²) in [5.74, 6) is -0.398. The van der Waals surface area contributed by atoms with Gasteiger partial charge in [0.1, 0.15) is 11.1 Å². The van der Waals surface area contributed by atoms with Crippen molar-refractivity contribution < 1.29 is 4.39 Å². The van der Waals surface area contributed by atoms with E-state index in [-0.39, 0.29) is 5.03 Å². The van der Waals surface area contributed by atoms with Gasteiger partial charge >= 0.3 is 0 Å². The molecule has 0 bridgehead atoms. The van der Waals surface area contributed by atoms with Crippen LogP contribution in [0.2, 0.25) is 0 Å². The normalized spacial score (nSPS) is 18.5. The van der Waals surface area contributed by atoms with E-state index in [1.807, 2.05) is 25.5 Å². The number of fused-ring (bicyclic) bond motifs is 1. The van der Waals surface area contributed by atoms with Gasteiger partial charge in [0.05, 0.1) is 29.5 Å². The van der Waals surface area contributed by atoms with Crippen LogP contribution < -0.4 is 5.32 Å². The summed E-state index contributed by atoms with van der Waals surface area (Å²) >= 11 is 1.20. The Labute approximate surface area is 195 Å². The number of nitriles is 1. The lowest BCUT2D eigenvalue weighted by Gasteiger charge is -2.29. The molecule has 0 aliphatic heterocycles. The quantitative estimate of drug-likeness (QED) is 0.461. The Hall–Kier alpha value is -3.22. The van der Waals surface area contributed by atoms with E-state index >= 15 is 0 Å². The lowest BCUT2D eigenvalue weighted by molar-refractivity contribution is 0.281. The second kappa shape index (κ2) is 8.96. The average Bonchev–Trinajstić information content (AvgIpc) is 3.44. The molecule has 4 heterocycles. The highest BCUT2D eigenvalue weighted by Crippen LogP contribution is 2.37. The number of pyridine rings is 2. The van der Waals surface area contributed by atoms with Gasteiger partial charge in [-0.2, -0.15) is 15.5 Å². The van der Waals surface area contributed by atoms with E-state index in [1.165, 1.54) is 24.0 Å². The Bertz CT molecular complexity index is 1340. The Balaban J connectivity index is 1.55. The molecule has 0 spiro atoms. The zero-order chi connectivity index (χ0) is 22.9. The van der Waals surface area contributed by atoms with Gasteiger partial charge in [-0.15, -0.1) is 0 Å². The molecule has 1 saturated carbocycles. The van der Waals surface area contributed by atoms with Crippen LogP contribution in [0.5, 0.6) is 0 Å². The monoisotopic (exact) mass is 461 g/mol. The molecule has 1 N–H and O–H groups in total. The summed E-state index contributed by atoms with van der Waals surface area (Å²) in [7, 11) is 2.03.